The van der Waals surface area contributed by atoms with Gasteiger partial charge in [0, 0.05) is 39.1 Å². The van der Waals surface area contributed by atoms with Gasteiger partial charge < -0.3 is 25.2 Å². The maximum atomic E-state index is 12.9. The number of hydrogen-bond acceptors (Lipinski definition) is 7. The molecule has 2 aliphatic rings. The second-order valence-corrected chi connectivity index (χ2v) is 10.1. The van der Waals surface area contributed by atoms with Crippen LogP contribution in [0.15, 0.2) is 20.3 Å². The molecule has 1 spiro atoms. The van der Waals surface area contributed by atoms with Gasteiger partial charge in [-0.1, -0.05) is 0 Å². The molecular weight excluding hydrogens is 516 g/mol. The summed E-state index contributed by atoms with van der Waals surface area (Å²) >= 11 is 3.10. The zero-order valence-electron chi connectivity index (χ0n) is 19.0. The Morgan fingerprint density at radius 2 is 1.97 bits per heavy atom. The number of aliphatic carboxylic acids is 1. The Morgan fingerprint density at radius 1 is 1.32 bits per heavy atom. The van der Waals surface area contributed by atoms with Crippen molar-refractivity contribution in [1.82, 2.24) is 19.8 Å². The number of rotatable bonds is 6. The van der Waals surface area contributed by atoms with E-state index in [1.54, 1.807) is 11.8 Å². The van der Waals surface area contributed by atoms with E-state index in [9.17, 15) is 29.1 Å². The SMILES string of the molecule is CC(=O)N[C@@H](CCC(=O)O)C(=O)N1CCC2(CC1)C[C@@](C)(O)[C@H](n1cc(Br)c(=O)[nH]c1=O)CO2. The van der Waals surface area contributed by atoms with Crippen molar-refractivity contribution in [3.05, 3.63) is 31.5 Å². The zero-order chi connectivity index (χ0) is 25.3. The minimum Gasteiger partial charge on any atom is -0.481 e. The first-order valence-corrected chi connectivity index (χ1v) is 11.8. The number of carbonyl (C=O) groups excluding carboxylic acids is 2. The summed E-state index contributed by atoms with van der Waals surface area (Å²) in [6.07, 6.45) is 2.15. The monoisotopic (exact) mass is 544 g/mol. The number of piperidine rings is 1. The van der Waals surface area contributed by atoms with Gasteiger partial charge in [-0.2, -0.15) is 0 Å². The van der Waals surface area contributed by atoms with E-state index in [4.69, 9.17) is 9.84 Å². The molecule has 3 heterocycles. The highest BCUT2D eigenvalue weighted by Gasteiger charge is 2.50. The summed E-state index contributed by atoms with van der Waals surface area (Å²) < 4.78 is 7.56. The average Bonchev–Trinajstić information content (AvgIpc) is 2.73. The molecule has 2 saturated heterocycles. The number of aromatic nitrogens is 2. The Labute approximate surface area is 203 Å². The smallest absolute Gasteiger partial charge is 0.328 e. The highest BCUT2D eigenvalue weighted by Crippen LogP contribution is 2.43. The highest BCUT2D eigenvalue weighted by molar-refractivity contribution is 9.10. The van der Waals surface area contributed by atoms with Gasteiger partial charge in [0.1, 0.15) is 6.04 Å². The Morgan fingerprint density at radius 3 is 2.53 bits per heavy atom. The fourth-order valence-electron chi connectivity index (χ4n) is 4.78. The van der Waals surface area contributed by atoms with Crippen molar-refractivity contribution in [2.75, 3.05) is 19.7 Å². The number of likely N-dealkylation sites (tertiary alicyclic amines) is 1. The van der Waals surface area contributed by atoms with E-state index in [1.807, 2.05) is 0 Å². The third-order valence-corrected chi connectivity index (χ3v) is 7.08. The third-order valence-electron chi connectivity index (χ3n) is 6.51. The summed E-state index contributed by atoms with van der Waals surface area (Å²) in [7, 11) is 0. The Kier molecular flexibility index (Phi) is 7.68. The molecule has 0 saturated carbocycles. The van der Waals surface area contributed by atoms with Gasteiger partial charge in [-0.3, -0.25) is 28.7 Å². The summed E-state index contributed by atoms with van der Waals surface area (Å²) in [6, 6.07) is -1.65. The van der Waals surface area contributed by atoms with Crippen molar-refractivity contribution in [2.45, 2.75) is 69.2 Å². The molecule has 188 valence electrons. The molecule has 1 aromatic rings. The number of amides is 2. The maximum Gasteiger partial charge on any atom is 0.328 e. The second-order valence-electron chi connectivity index (χ2n) is 9.20. The fraction of sp³-hybridized carbons (Fsp3) is 0.667. The van der Waals surface area contributed by atoms with E-state index in [2.05, 4.69) is 26.2 Å². The molecule has 2 aliphatic heterocycles. The van der Waals surface area contributed by atoms with Gasteiger partial charge in [0.15, 0.2) is 0 Å². The summed E-state index contributed by atoms with van der Waals surface area (Å²) in [6.45, 7) is 3.54. The van der Waals surface area contributed by atoms with E-state index in [0.29, 0.717) is 25.9 Å². The fourth-order valence-corrected chi connectivity index (χ4v) is 5.09. The van der Waals surface area contributed by atoms with Gasteiger partial charge in [0.05, 0.1) is 28.3 Å². The number of ether oxygens (including phenoxy) is 1. The van der Waals surface area contributed by atoms with Crippen LogP contribution in [0.25, 0.3) is 0 Å². The second kappa shape index (κ2) is 10.0. The van der Waals surface area contributed by atoms with Gasteiger partial charge in [-0.15, -0.1) is 0 Å². The van der Waals surface area contributed by atoms with Crippen LogP contribution in [-0.2, 0) is 19.1 Å². The van der Waals surface area contributed by atoms with Crippen LogP contribution in [0.1, 0.15) is 52.0 Å². The molecule has 4 N–H and O–H groups in total. The quantitative estimate of drug-likeness (QED) is 0.379. The van der Waals surface area contributed by atoms with Crippen molar-refractivity contribution in [2.24, 2.45) is 0 Å². The van der Waals surface area contributed by atoms with Crippen LogP contribution in [-0.4, -0.2) is 79.4 Å². The number of H-pyrrole nitrogens is 1. The maximum absolute atomic E-state index is 12.9. The van der Waals surface area contributed by atoms with Crippen LogP contribution in [0.3, 0.4) is 0 Å². The predicted molar refractivity (Wildman–Crippen MR) is 122 cm³/mol. The van der Waals surface area contributed by atoms with E-state index >= 15 is 0 Å². The van der Waals surface area contributed by atoms with Crippen LogP contribution in [0.4, 0.5) is 0 Å². The molecule has 12 nitrogen and oxygen atoms in total. The lowest BCUT2D eigenvalue weighted by Crippen LogP contribution is -2.60. The molecule has 0 bridgehead atoms. The van der Waals surface area contributed by atoms with E-state index in [1.165, 1.54) is 17.7 Å². The molecule has 0 aliphatic carbocycles. The number of hydrogen-bond donors (Lipinski definition) is 4. The average molecular weight is 545 g/mol. The molecule has 2 amide bonds. The number of aromatic amines is 1. The van der Waals surface area contributed by atoms with Crippen LogP contribution in [0.5, 0.6) is 0 Å². The molecule has 2 fully saturated rings. The van der Waals surface area contributed by atoms with Crippen molar-refractivity contribution in [3.63, 3.8) is 0 Å². The first-order valence-electron chi connectivity index (χ1n) is 11.0. The van der Waals surface area contributed by atoms with Crippen LogP contribution < -0.4 is 16.6 Å². The molecule has 34 heavy (non-hydrogen) atoms. The lowest BCUT2D eigenvalue weighted by atomic mass is 9.75. The van der Waals surface area contributed by atoms with Crippen molar-refractivity contribution in [3.8, 4) is 0 Å². The predicted octanol–water partition coefficient (Wildman–Crippen LogP) is -0.258. The number of carbonyl (C=O) groups is 3. The molecule has 3 atom stereocenters. The summed E-state index contributed by atoms with van der Waals surface area (Å²) in [5, 5.41) is 22.7. The van der Waals surface area contributed by atoms with Gasteiger partial charge in [-0.25, -0.2) is 4.79 Å². The molecule has 3 rings (SSSR count). The van der Waals surface area contributed by atoms with Gasteiger partial charge in [0.25, 0.3) is 5.56 Å². The number of aliphatic hydroxyl groups is 1. The Balaban J connectivity index is 1.68. The highest BCUT2D eigenvalue weighted by atomic mass is 79.9. The van der Waals surface area contributed by atoms with E-state index in [0.717, 1.165) is 0 Å². The normalized spacial score (nSPS) is 25.1. The van der Waals surface area contributed by atoms with Crippen molar-refractivity contribution < 1.29 is 29.3 Å². The van der Waals surface area contributed by atoms with Crippen LogP contribution in [0, 0.1) is 0 Å². The van der Waals surface area contributed by atoms with E-state index < -0.39 is 46.4 Å². The standard InChI is InChI=1S/C21H29BrN4O8/c1-12(27)23-14(3-4-16(28)29)18(31)25-7-5-21(6-8-25)11-20(2,33)15(10-34-21)26-9-13(22)17(30)24-19(26)32/h9,14-15,33H,3-8,10-11H2,1-2H3,(H,23,27)(H,28,29)(H,24,30,32)/t14-,15+,20+/m0/s1. The van der Waals surface area contributed by atoms with Gasteiger partial charge >= 0.3 is 11.7 Å². The lowest BCUT2D eigenvalue weighted by molar-refractivity contribution is -0.198. The minimum atomic E-state index is -1.33. The molecule has 0 unspecified atom stereocenters. The van der Waals surface area contributed by atoms with Gasteiger partial charge in [-0.05, 0) is 42.1 Å². The Hall–Kier alpha value is -2.51. The molecule has 0 radical (unpaired) electrons. The molecule has 1 aromatic heterocycles. The van der Waals surface area contributed by atoms with Crippen LogP contribution in [0.2, 0.25) is 0 Å². The number of halogens is 1. The number of nitrogens with one attached hydrogen (secondary N) is 2. The zero-order valence-corrected chi connectivity index (χ0v) is 20.6. The summed E-state index contributed by atoms with van der Waals surface area (Å²) in [5.74, 6) is -1.82. The topological polar surface area (TPSA) is 171 Å². The molecular formula is C21H29BrN4O8. The van der Waals surface area contributed by atoms with Crippen LogP contribution >= 0.6 is 15.9 Å². The van der Waals surface area contributed by atoms with Gasteiger partial charge in [0.2, 0.25) is 11.8 Å². The first kappa shape index (κ1) is 26.1. The largest absolute Gasteiger partial charge is 0.481 e. The summed E-state index contributed by atoms with van der Waals surface area (Å²) in [4.78, 5) is 63.1. The lowest BCUT2D eigenvalue weighted by Gasteiger charge is -2.51. The van der Waals surface area contributed by atoms with E-state index in [-0.39, 0.29) is 36.2 Å². The molecule has 13 heteroatoms. The number of nitrogens with zero attached hydrogens (tertiary/aromatic N) is 2. The Bertz CT molecular complexity index is 1070. The first-order chi connectivity index (χ1) is 15.8. The minimum absolute atomic E-state index is 0.00817. The van der Waals surface area contributed by atoms with Crippen molar-refractivity contribution >= 4 is 33.7 Å². The van der Waals surface area contributed by atoms with Crippen molar-refractivity contribution in [1.29, 1.82) is 0 Å². The summed E-state index contributed by atoms with van der Waals surface area (Å²) in [5.41, 5.74) is -3.24. The number of carboxylic acids is 1. The third kappa shape index (κ3) is 5.76. The number of carboxylic acid groups (broad SMARTS) is 1. The molecule has 0 aromatic carbocycles.